The standard InChI is InChI=1S/C15H22N2O/c1-11-7-12(2)9-13(8-11)15(18)16-14-5-4-6-17(3)10-14/h7-9,14H,4-6,10H2,1-3H3,(H,16,18)/t14-/m1/s1. The van der Waals surface area contributed by atoms with E-state index < -0.39 is 0 Å². The van der Waals surface area contributed by atoms with Crippen molar-refractivity contribution in [2.75, 3.05) is 20.1 Å². The molecule has 1 atom stereocenters. The lowest BCUT2D eigenvalue weighted by Crippen LogP contribution is -2.46. The maximum Gasteiger partial charge on any atom is 0.251 e. The van der Waals surface area contributed by atoms with E-state index in [1.807, 2.05) is 26.0 Å². The summed E-state index contributed by atoms with van der Waals surface area (Å²) in [6, 6.07) is 6.28. The van der Waals surface area contributed by atoms with Crippen molar-refractivity contribution in [3.63, 3.8) is 0 Å². The number of nitrogens with zero attached hydrogens (tertiary/aromatic N) is 1. The molecule has 0 saturated carbocycles. The average molecular weight is 246 g/mol. The maximum atomic E-state index is 12.2. The molecule has 0 bridgehead atoms. The number of hydrogen-bond donors (Lipinski definition) is 1. The van der Waals surface area contributed by atoms with Crippen LogP contribution in [0, 0.1) is 13.8 Å². The molecule has 0 spiro atoms. The summed E-state index contributed by atoms with van der Waals surface area (Å²) in [6.45, 7) is 6.14. The minimum Gasteiger partial charge on any atom is -0.348 e. The Morgan fingerprint density at radius 3 is 2.56 bits per heavy atom. The Balaban J connectivity index is 2.02. The van der Waals surface area contributed by atoms with E-state index in [0.29, 0.717) is 0 Å². The molecule has 98 valence electrons. The van der Waals surface area contributed by atoms with Crippen LogP contribution < -0.4 is 5.32 Å². The lowest BCUT2D eigenvalue weighted by Gasteiger charge is -2.30. The summed E-state index contributed by atoms with van der Waals surface area (Å²) < 4.78 is 0. The first-order chi connectivity index (χ1) is 8.54. The first-order valence-corrected chi connectivity index (χ1v) is 6.62. The van der Waals surface area contributed by atoms with E-state index in [4.69, 9.17) is 0 Å². The van der Waals surface area contributed by atoms with Crippen LogP contribution in [0.4, 0.5) is 0 Å². The molecule has 18 heavy (non-hydrogen) atoms. The third-order valence-corrected chi connectivity index (χ3v) is 3.44. The molecule has 1 aliphatic rings. The molecule has 3 nitrogen and oxygen atoms in total. The van der Waals surface area contributed by atoms with Crippen LogP contribution in [0.5, 0.6) is 0 Å². The van der Waals surface area contributed by atoms with Gasteiger partial charge in [0.2, 0.25) is 0 Å². The molecule has 0 radical (unpaired) electrons. The van der Waals surface area contributed by atoms with Crippen molar-refractivity contribution in [2.24, 2.45) is 0 Å². The fourth-order valence-electron chi connectivity index (χ4n) is 2.66. The highest BCUT2D eigenvalue weighted by molar-refractivity contribution is 5.94. The van der Waals surface area contributed by atoms with Crippen LogP contribution in [-0.4, -0.2) is 37.0 Å². The molecule has 1 amide bonds. The number of likely N-dealkylation sites (tertiary alicyclic amines) is 1. The summed E-state index contributed by atoms with van der Waals surface area (Å²) in [4.78, 5) is 14.5. The number of hydrogen-bond acceptors (Lipinski definition) is 2. The van der Waals surface area contributed by atoms with E-state index >= 15 is 0 Å². The highest BCUT2D eigenvalue weighted by Gasteiger charge is 2.19. The minimum absolute atomic E-state index is 0.0575. The van der Waals surface area contributed by atoms with Crippen LogP contribution in [0.3, 0.4) is 0 Å². The predicted molar refractivity (Wildman–Crippen MR) is 73.9 cm³/mol. The molecule has 1 fully saturated rings. The second-order valence-corrected chi connectivity index (χ2v) is 5.45. The smallest absolute Gasteiger partial charge is 0.251 e. The summed E-state index contributed by atoms with van der Waals surface area (Å²) in [6.07, 6.45) is 2.25. The van der Waals surface area contributed by atoms with Gasteiger partial charge in [-0.3, -0.25) is 4.79 Å². The normalized spacial score (nSPS) is 20.7. The molecule has 1 N–H and O–H groups in total. The second kappa shape index (κ2) is 5.53. The van der Waals surface area contributed by atoms with Gasteiger partial charge < -0.3 is 10.2 Å². The van der Waals surface area contributed by atoms with Gasteiger partial charge in [-0.15, -0.1) is 0 Å². The highest BCUT2D eigenvalue weighted by Crippen LogP contribution is 2.11. The molecule has 1 aliphatic heterocycles. The topological polar surface area (TPSA) is 32.3 Å². The summed E-state index contributed by atoms with van der Waals surface area (Å²) >= 11 is 0. The number of piperidine rings is 1. The highest BCUT2D eigenvalue weighted by atomic mass is 16.1. The number of benzene rings is 1. The van der Waals surface area contributed by atoms with Gasteiger partial charge in [-0.05, 0) is 52.4 Å². The second-order valence-electron chi connectivity index (χ2n) is 5.45. The van der Waals surface area contributed by atoms with Gasteiger partial charge >= 0.3 is 0 Å². The van der Waals surface area contributed by atoms with Gasteiger partial charge in [0.05, 0.1) is 0 Å². The number of nitrogens with one attached hydrogen (secondary N) is 1. The van der Waals surface area contributed by atoms with E-state index in [9.17, 15) is 4.79 Å². The van der Waals surface area contributed by atoms with Crippen molar-refractivity contribution in [1.82, 2.24) is 10.2 Å². The summed E-state index contributed by atoms with van der Waals surface area (Å²) in [5.41, 5.74) is 3.06. The summed E-state index contributed by atoms with van der Waals surface area (Å²) in [5.74, 6) is 0.0575. The van der Waals surface area contributed by atoms with Crippen LogP contribution in [0.2, 0.25) is 0 Å². The predicted octanol–water partition coefficient (Wildman–Crippen LogP) is 2.13. The first kappa shape index (κ1) is 13.1. The molecule has 1 aromatic rings. The first-order valence-electron chi connectivity index (χ1n) is 6.62. The number of amides is 1. The SMILES string of the molecule is Cc1cc(C)cc(C(=O)N[C@@H]2CCCN(C)C2)c1. The number of carbonyl (C=O) groups is 1. The molecule has 1 heterocycles. The van der Waals surface area contributed by atoms with Crippen molar-refractivity contribution in [3.05, 3.63) is 34.9 Å². The Hall–Kier alpha value is -1.35. The van der Waals surface area contributed by atoms with Crippen LogP contribution in [0.15, 0.2) is 18.2 Å². The number of aryl methyl sites for hydroxylation is 2. The zero-order valence-electron chi connectivity index (χ0n) is 11.5. The third-order valence-electron chi connectivity index (χ3n) is 3.44. The molecule has 3 heteroatoms. The summed E-state index contributed by atoms with van der Waals surface area (Å²) in [7, 11) is 2.11. The Kier molecular flexibility index (Phi) is 4.02. The largest absolute Gasteiger partial charge is 0.348 e. The monoisotopic (exact) mass is 246 g/mol. The zero-order valence-corrected chi connectivity index (χ0v) is 11.5. The van der Waals surface area contributed by atoms with E-state index in [1.165, 1.54) is 0 Å². The van der Waals surface area contributed by atoms with Crippen LogP contribution in [0.25, 0.3) is 0 Å². The molecular formula is C15H22N2O. The van der Waals surface area contributed by atoms with Crippen molar-refractivity contribution in [3.8, 4) is 0 Å². The van der Waals surface area contributed by atoms with Gasteiger partial charge in [-0.2, -0.15) is 0 Å². The Bertz CT molecular complexity index is 422. The zero-order chi connectivity index (χ0) is 13.1. The lowest BCUT2D eigenvalue weighted by atomic mass is 10.0. The molecule has 2 rings (SSSR count). The van der Waals surface area contributed by atoms with E-state index in [2.05, 4.69) is 23.3 Å². The molecule has 1 aromatic carbocycles. The van der Waals surface area contributed by atoms with Crippen molar-refractivity contribution in [1.29, 1.82) is 0 Å². The number of rotatable bonds is 2. The fourth-order valence-corrected chi connectivity index (χ4v) is 2.66. The Morgan fingerprint density at radius 1 is 1.28 bits per heavy atom. The van der Waals surface area contributed by atoms with E-state index in [-0.39, 0.29) is 11.9 Å². The van der Waals surface area contributed by atoms with Crippen molar-refractivity contribution < 1.29 is 4.79 Å². The number of likely N-dealkylation sites (N-methyl/N-ethyl adjacent to an activating group) is 1. The molecular weight excluding hydrogens is 224 g/mol. The minimum atomic E-state index is 0.0575. The molecule has 0 unspecified atom stereocenters. The van der Waals surface area contributed by atoms with Gasteiger partial charge in [0.25, 0.3) is 5.91 Å². The van der Waals surface area contributed by atoms with E-state index in [0.717, 1.165) is 42.6 Å². The van der Waals surface area contributed by atoms with Crippen LogP contribution in [0.1, 0.15) is 34.3 Å². The fraction of sp³-hybridized carbons (Fsp3) is 0.533. The van der Waals surface area contributed by atoms with Gasteiger partial charge in [0, 0.05) is 18.2 Å². The van der Waals surface area contributed by atoms with Crippen LogP contribution >= 0.6 is 0 Å². The van der Waals surface area contributed by atoms with Gasteiger partial charge in [0.1, 0.15) is 0 Å². The van der Waals surface area contributed by atoms with Crippen molar-refractivity contribution in [2.45, 2.75) is 32.7 Å². The van der Waals surface area contributed by atoms with E-state index in [1.54, 1.807) is 0 Å². The van der Waals surface area contributed by atoms with Crippen molar-refractivity contribution >= 4 is 5.91 Å². The Morgan fingerprint density at radius 2 is 1.94 bits per heavy atom. The maximum absolute atomic E-state index is 12.2. The third kappa shape index (κ3) is 3.33. The lowest BCUT2D eigenvalue weighted by molar-refractivity contribution is 0.0912. The van der Waals surface area contributed by atoms with Crippen LogP contribution in [-0.2, 0) is 0 Å². The van der Waals surface area contributed by atoms with Gasteiger partial charge in [-0.1, -0.05) is 17.2 Å². The molecule has 0 aromatic heterocycles. The molecule has 0 aliphatic carbocycles. The Labute approximate surface area is 109 Å². The molecule has 1 saturated heterocycles. The average Bonchev–Trinajstić information content (AvgIpc) is 2.27. The van der Waals surface area contributed by atoms with Gasteiger partial charge in [0.15, 0.2) is 0 Å². The summed E-state index contributed by atoms with van der Waals surface area (Å²) in [5, 5.41) is 3.14. The number of carbonyl (C=O) groups excluding carboxylic acids is 1. The van der Waals surface area contributed by atoms with Gasteiger partial charge in [-0.25, -0.2) is 0 Å². The quantitative estimate of drug-likeness (QED) is 0.867.